The van der Waals surface area contributed by atoms with Crippen LogP contribution in [0.2, 0.25) is 0 Å². The number of hydrogen-bond donors (Lipinski definition) is 2. The fraction of sp³-hybridized carbons (Fsp3) is 0.190. The van der Waals surface area contributed by atoms with Gasteiger partial charge in [-0.3, -0.25) is 4.79 Å². The van der Waals surface area contributed by atoms with E-state index in [0.29, 0.717) is 28.8 Å². The zero-order valence-electron chi connectivity index (χ0n) is 15.4. The normalized spacial score (nSPS) is 10.3. The number of aromatic nitrogens is 2. The fourth-order valence-corrected chi connectivity index (χ4v) is 2.52. The molecule has 0 unspecified atom stereocenters. The number of benzene rings is 2. The van der Waals surface area contributed by atoms with Gasteiger partial charge in [0.25, 0.3) is 5.91 Å². The van der Waals surface area contributed by atoms with Crippen LogP contribution in [0.1, 0.15) is 23.8 Å². The number of hydrogen-bond acceptors (Lipinski definition) is 5. The average Bonchev–Trinajstić information content (AvgIpc) is 2.72. The first kappa shape index (κ1) is 18.4. The summed E-state index contributed by atoms with van der Waals surface area (Å²) in [4.78, 5) is 21.7. The van der Waals surface area contributed by atoms with E-state index in [0.717, 1.165) is 18.5 Å². The number of methoxy groups -OCH3 is 1. The third kappa shape index (κ3) is 4.82. The lowest BCUT2D eigenvalue weighted by Crippen LogP contribution is -2.16. The molecule has 1 aromatic heterocycles. The Balaban J connectivity index is 1.91. The van der Waals surface area contributed by atoms with E-state index in [1.54, 1.807) is 25.3 Å². The molecule has 0 aliphatic rings. The third-order valence-electron chi connectivity index (χ3n) is 3.87. The van der Waals surface area contributed by atoms with Crippen molar-refractivity contribution in [3.05, 3.63) is 66.4 Å². The van der Waals surface area contributed by atoms with Gasteiger partial charge in [-0.25, -0.2) is 9.97 Å². The number of nitrogens with one attached hydrogen (secondary N) is 2. The molecule has 0 fully saturated rings. The van der Waals surface area contributed by atoms with Crippen molar-refractivity contribution in [2.24, 2.45) is 0 Å². The Labute approximate surface area is 158 Å². The van der Waals surface area contributed by atoms with Crippen LogP contribution < -0.4 is 15.4 Å². The first-order valence-electron chi connectivity index (χ1n) is 8.83. The summed E-state index contributed by atoms with van der Waals surface area (Å²) in [7, 11) is 1.59. The number of ether oxygens (including phenoxy) is 1. The van der Waals surface area contributed by atoms with Crippen molar-refractivity contribution in [1.29, 1.82) is 0 Å². The zero-order chi connectivity index (χ0) is 19.1. The van der Waals surface area contributed by atoms with Crippen molar-refractivity contribution in [2.75, 3.05) is 24.3 Å². The summed E-state index contributed by atoms with van der Waals surface area (Å²) in [6.07, 6.45) is 0.954. The van der Waals surface area contributed by atoms with Crippen LogP contribution in [-0.4, -0.2) is 29.5 Å². The van der Waals surface area contributed by atoms with Crippen molar-refractivity contribution in [1.82, 2.24) is 9.97 Å². The lowest BCUT2D eigenvalue weighted by Gasteiger charge is -2.11. The topological polar surface area (TPSA) is 76.1 Å². The molecule has 3 rings (SSSR count). The van der Waals surface area contributed by atoms with E-state index in [2.05, 4.69) is 27.5 Å². The molecule has 27 heavy (non-hydrogen) atoms. The van der Waals surface area contributed by atoms with Gasteiger partial charge in [-0.1, -0.05) is 43.3 Å². The fourth-order valence-electron chi connectivity index (χ4n) is 2.52. The minimum atomic E-state index is -0.303. The predicted molar refractivity (Wildman–Crippen MR) is 107 cm³/mol. The summed E-state index contributed by atoms with van der Waals surface area (Å²) in [5.41, 5.74) is 1.79. The van der Waals surface area contributed by atoms with Crippen LogP contribution in [0.25, 0.3) is 11.4 Å². The maximum atomic E-state index is 12.8. The predicted octanol–water partition coefficient (Wildman–Crippen LogP) is 4.23. The Morgan fingerprint density at radius 1 is 1.04 bits per heavy atom. The van der Waals surface area contributed by atoms with Crippen molar-refractivity contribution >= 4 is 17.4 Å². The largest absolute Gasteiger partial charge is 0.497 e. The number of anilines is 2. The monoisotopic (exact) mass is 362 g/mol. The van der Waals surface area contributed by atoms with Gasteiger partial charge in [0.2, 0.25) is 0 Å². The van der Waals surface area contributed by atoms with Crippen LogP contribution in [-0.2, 0) is 0 Å². The Bertz CT molecular complexity index is 913. The second-order valence-electron chi connectivity index (χ2n) is 5.94. The molecule has 138 valence electrons. The Morgan fingerprint density at radius 2 is 1.85 bits per heavy atom. The first-order valence-corrected chi connectivity index (χ1v) is 8.83. The van der Waals surface area contributed by atoms with Crippen molar-refractivity contribution in [3.8, 4) is 17.1 Å². The van der Waals surface area contributed by atoms with E-state index in [-0.39, 0.29) is 5.91 Å². The van der Waals surface area contributed by atoms with Gasteiger partial charge in [0.15, 0.2) is 5.82 Å². The van der Waals surface area contributed by atoms with Crippen molar-refractivity contribution in [3.63, 3.8) is 0 Å². The van der Waals surface area contributed by atoms with E-state index in [9.17, 15) is 4.79 Å². The molecular weight excluding hydrogens is 340 g/mol. The standard InChI is InChI=1S/C21H22N4O2/c1-3-12-22-19-14-18(24-20(25-19)15-8-5-4-6-9-15)21(26)23-16-10-7-11-17(13-16)27-2/h4-11,13-14H,3,12H2,1-2H3,(H,23,26)(H,22,24,25). The third-order valence-corrected chi connectivity index (χ3v) is 3.87. The Kier molecular flexibility index (Phi) is 5.99. The van der Waals surface area contributed by atoms with Crippen molar-refractivity contribution in [2.45, 2.75) is 13.3 Å². The summed E-state index contributed by atoms with van der Waals surface area (Å²) in [5.74, 6) is 1.50. The molecule has 0 bridgehead atoms. The van der Waals surface area contributed by atoms with E-state index in [1.165, 1.54) is 0 Å². The Morgan fingerprint density at radius 3 is 2.59 bits per heavy atom. The Hall–Kier alpha value is -3.41. The molecule has 6 heteroatoms. The molecule has 1 amide bonds. The number of carbonyl (C=O) groups excluding carboxylic acids is 1. The highest BCUT2D eigenvalue weighted by Gasteiger charge is 2.13. The van der Waals surface area contributed by atoms with Gasteiger partial charge < -0.3 is 15.4 Å². The summed E-state index contributed by atoms with van der Waals surface area (Å²) in [6, 6.07) is 18.5. The summed E-state index contributed by atoms with van der Waals surface area (Å²) in [5, 5.41) is 6.09. The van der Waals surface area contributed by atoms with Crippen LogP contribution in [0.5, 0.6) is 5.75 Å². The second kappa shape index (κ2) is 8.80. The highest BCUT2D eigenvalue weighted by molar-refractivity contribution is 6.03. The smallest absolute Gasteiger partial charge is 0.274 e. The molecule has 2 aromatic carbocycles. The molecule has 0 aliphatic carbocycles. The van der Waals surface area contributed by atoms with E-state index < -0.39 is 0 Å². The van der Waals surface area contributed by atoms with Crippen LogP contribution in [0.15, 0.2) is 60.7 Å². The van der Waals surface area contributed by atoms with Gasteiger partial charge in [0.05, 0.1) is 7.11 Å². The number of carbonyl (C=O) groups is 1. The quantitative estimate of drug-likeness (QED) is 0.658. The molecule has 0 saturated heterocycles. The van der Waals surface area contributed by atoms with Crippen LogP contribution in [0, 0.1) is 0 Å². The van der Waals surface area contributed by atoms with Gasteiger partial charge in [-0.05, 0) is 18.6 Å². The van der Waals surface area contributed by atoms with Crippen molar-refractivity contribution < 1.29 is 9.53 Å². The summed E-state index contributed by atoms with van der Waals surface area (Å²) in [6.45, 7) is 2.84. The number of rotatable bonds is 7. The van der Waals surface area contributed by atoms with E-state index in [4.69, 9.17) is 4.74 Å². The van der Waals surface area contributed by atoms with Gasteiger partial charge in [0, 0.05) is 29.9 Å². The maximum Gasteiger partial charge on any atom is 0.274 e. The molecule has 0 radical (unpaired) electrons. The molecule has 0 atom stereocenters. The van der Waals surface area contributed by atoms with Crippen LogP contribution in [0.3, 0.4) is 0 Å². The zero-order valence-corrected chi connectivity index (χ0v) is 15.4. The minimum Gasteiger partial charge on any atom is -0.497 e. The molecule has 2 N–H and O–H groups in total. The maximum absolute atomic E-state index is 12.8. The SMILES string of the molecule is CCCNc1cc(C(=O)Nc2cccc(OC)c2)nc(-c2ccccc2)n1. The number of nitrogens with zero attached hydrogens (tertiary/aromatic N) is 2. The lowest BCUT2D eigenvalue weighted by molar-refractivity contribution is 0.102. The van der Waals surface area contributed by atoms with Crippen LogP contribution in [0.4, 0.5) is 11.5 Å². The molecule has 0 spiro atoms. The van der Waals surface area contributed by atoms with E-state index >= 15 is 0 Å². The van der Waals surface area contributed by atoms with E-state index in [1.807, 2.05) is 42.5 Å². The highest BCUT2D eigenvalue weighted by Crippen LogP contribution is 2.20. The molecule has 1 heterocycles. The highest BCUT2D eigenvalue weighted by atomic mass is 16.5. The molecular formula is C21H22N4O2. The molecule has 3 aromatic rings. The molecule has 6 nitrogen and oxygen atoms in total. The van der Waals surface area contributed by atoms with Gasteiger partial charge in [-0.15, -0.1) is 0 Å². The second-order valence-corrected chi connectivity index (χ2v) is 5.94. The average molecular weight is 362 g/mol. The van der Waals surface area contributed by atoms with Gasteiger partial charge in [-0.2, -0.15) is 0 Å². The minimum absolute atomic E-state index is 0.297. The molecule has 0 saturated carbocycles. The van der Waals surface area contributed by atoms with Gasteiger partial charge in [0.1, 0.15) is 17.3 Å². The van der Waals surface area contributed by atoms with Crippen LogP contribution >= 0.6 is 0 Å². The lowest BCUT2D eigenvalue weighted by atomic mass is 10.2. The molecule has 0 aliphatic heterocycles. The number of amides is 1. The van der Waals surface area contributed by atoms with Gasteiger partial charge >= 0.3 is 0 Å². The summed E-state index contributed by atoms with van der Waals surface area (Å²) >= 11 is 0. The first-order chi connectivity index (χ1) is 13.2. The summed E-state index contributed by atoms with van der Waals surface area (Å²) < 4.78 is 5.20.